The fraction of sp³-hybridized carbons (Fsp3) is 0.379. The van der Waals surface area contributed by atoms with Gasteiger partial charge in [0, 0.05) is 24.8 Å². The van der Waals surface area contributed by atoms with Gasteiger partial charge in [0.15, 0.2) is 0 Å². The van der Waals surface area contributed by atoms with Crippen molar-refractivity contribution >= 4 is 5.91 Å². The van der Waals surface area contributed by atoms with E-state index in [-0.39, 0.29) is 17.8 Å². The molecular weight excluding hydrogens is 425 g/mol. The SMILES string of the molecule is O=C(c1ccccn1)N(C1CC1)[C@H](Cc1ccccc1)C1CCN(Cc2ccc(F)cc2)CC1. The average Bonchev–Trinajstić information content (AvgIpc) is 3.72. The van der Waals surface area contributed by atoms with Crippen LogP contribution < -0.4 is 0 Å². The summed E-state index contributed by atoms with van der Waals surface area (Å²) in [5.41, 5.74) is 2.97. The topological polar surface area (TPSA) is 36.4 Å². The van der Waals surface area contributed by atoms with Crippen LogP contribution in [0.5, 0.6) is 0 Å². The average molecular weight is 458 g/mol. The van der Waals surface area contributed by atoms with Crippen molar-refractivity contribution in [3.63, 3.8) is 0 Å². The number of halogens is 1. The number of likely N-dealkylation sites (tertiary alicyclic amines) is 1. The van der Waals surface area contributed by atoms with Gasteiger partial charge in [-0.1, -0.05) is 48.5 Å². The first kappa shape index (κ1) is 22.7. The zero-order chi connectivity index (χ0) is 23.3. The second-order valence-corrected chi connectivity index (χ2v) is 9.66. The molecule has 2 aromatic carbocycles. The lowest BCUT2D eigenvalue weighted by Crippen LogP contribution is -2.50. The number of piperidine rings is 1. The minimum atomic E-state index is -0.191. The summed E-state index contributed by atoms with van der Waals surface area (Å²) in [6, 6.07) is 23.5. The number of pyridine rings is 1. The van der Waals surface area contributed by atoms with Crippen LogP contribution in [0.25, 0.3) is 0 Å². The number of hydrogen-bond donors (Lipinski definition) is 0. The predicted octanol–water partition coefficient (Wildman–Crippen LogP) is 5.35. The lowest BCUT2D eigenvalue weighted by molar-refractivity contribution is 0.0477. The smallest absolute Gasteiger partial charge is 0.272 e. The Morgan fingerprint density at radius 1 is 0.912 bits per heavy atom. The molecule has 4 nitrogen and oxygen atoms in total. The molecule has 1 atom stereocenters. The molecule has 1 saturated carbocycles. The van der Waals surface area contributed by atoms with Gasteiger partial charge >= 0.3 is 0 Å². The van der Waals surface area contributed by atoms with Gasteiger partial charge in [0.25, 0.3) is 5.91 Å². The number of benzene rings is 2. The maximum Gasteiger partial charge on any atom is 0.272 e. The molecule has 1 amide bonds. The van der Waals surface area contributed by atoms with Crippen LogP contribution in [-0.2, 0) is 13.0 Å². The van der Waals surface area contributed by atoms with Gasteiger partial charge in [-0.3, -0.25) is 14.7 Å². The highest BCUT2D eigenvalue weighted by atomic mass is 19.1. The summed E-state index contributed by atoms with van der Waals surface area (Å²) in [5.74, 6) is 0.319. The highest BCUT2D eigenvalue weighted by Gasteiger charge is 2.41. The number of aromatic nitrogens is 1. The van der Waals surface area contributed by atoms with Crippen molar-refractivity contribution in [1.29, 1.82) is 0 Å². The molecule has 2 fully saturated rings. The Labute approximate surface area is 201 Å². The van der Waals surface area contributed by atoms with Gasteiger partial charge in [0.1, 0.15) is 11.5 Å². The van der Waals surface area contributed by atoms with E-state index in [4.69, 9.17) is 0 Å². The third-order valence-corrected chi connectivity index (χ3v) is 7.20. The van der Waals surface area contributed by atoms with Crippen LogP contribution in [0.1, 0.15) is 47.3 Å². The van der Waals surface area contributed by atoms with Crippen molar-refractivity contribution in [2.24, 2.45) is 5.92 Å². The highest BCUT2D eigenvalue weighted by Crippen LogP contribution is 2.36. The molecule has 0 N–H and O–H groups in total. The Hall–Kier alpha value is -3.05. The fourth-order valence-corrected chi connectivity index (χ4v) is 5.25. The van der Waals surface area contributed by atoms with Gasteiger partial charge < -0.3 is 4.90 Å². The van der Waals surface area contributed by atoms with E-state index in [0.29, 0.717) is 17.7 Å². The first-order valence-corrected chi connectivity index (χ1v) is 12.4. The summed E-state index contributed by atoms with van der Waals surface area (Å²) < 4.78 is 13.3. The third-order valence-electron chi connectivity index (χ3n) is 7.20. The Bertz CT molecular complexity index is 1060. The summed E-state index contributed by atoms with van der Waals surface area (Å²) in [6.07, 6.45) is 6.84. The Balaban J connectivity index is 1.33. The molecule has 1 aliphatic heterocycles. The molecular formula is C29H32FN3O. The minimum absolute atomic E-state index is 0.0674. The molecule has 2 heterocycles. The number of rotatable bonds is 8. The molecule has 1 aliphatic carbocycles. The number of carbonyl (C=O) groups excluding carboxylic acids is 1. The maximum atomic E-state index is 13.7. The van der Waals surface area contributed by atoms with E-state index < -0.39 is 0 Å². The third kappa shape index (κ3) is 5.53. The van der Waals surface area contributed by atoms with Crippen LogP contribution in [0.4, 0.5) is 4.39 Å². The van der Waals surface area contributed by atoms with Crippen LogP contribution >= 0.6 is 0 Å². The molecule has 0 unspecified atom stereocenters. The fourth-order valence-electron chi connectivity index (χ4n) is 5.25. The Morgan fingerprint density at radius 2 is 1.62 bits per heavy atom. The van der Waals surface area contributed by atoms with Crippen LogP contribution in [0.3, 0.4) is 0 Å². The second kappa shape index (κ2) is 10.5. The molecule has 1 saturated heterocycles. The van der Waals surface area contributed by atoms with E-state index in [1.165, 1.54) is 17.7 Å². The lowest BCUT2D eigenvalue weighted by Gasteiger charge is -2.42. The number of nitrogens with zero attached hydrogens (tertiary/aromatic N) is 3. The zero-order valence-electron chi connectivity index (χ0n) is 19.5. The van der Waals surface area contributed by atoms with Crippen molar-refractivity contribution in [2.75, 3.05) is 13.1 Å². The Morgan fingerprint density at radius 3 is 2.26 bits per heavy atom. The molecule has 5 heteroatoms. The molecule has 0 radical (unpaired) electrons. The summed E-state index contributed by atoms with van der Waals surface area (Å²) in [7, 11) is 0. The van der Waals surface area contributed by atoms with Crippen molar-refractivity contribution < 1.29 is 9.18 Å². The normalized spacial score (nSPS) is 17.9. The van der Waals surface area contributed by atoms with Crippen molar-refractivity contribution in [3.05, 3.63) is 102 Å². The molecule has 5 rings (SSSR count). The van der Waals surface area contributed by atoms with E-state index in [1.54, 1.807) is 6.20 Å². The van der Waals surface area contributed by atoms with E-state index in [0.717, 1.165) is 57.3 Å². The van der Waals surface area contributed by atoms with Gasteiger partial charge in [-0.15, -0.1) is 0 Å². The van der Waals surface area contributed by atoms with Crippen molar-refractivity contribution in [2.45, 2.75) is 50.7 Å². The van der Waals surface area contributed by atoms with E-state index in [1.807, 2.05) is 36.4 Å². The summed E-state index contributed by atoms with van der Waals surface area (Å²) in [5, 5.41) is 0. The lowest BCUT2D eigenvalue weighted by atomic mass is 9.84. The predicted molar refractivity (Wildman–Crippen MR) is 132 cm³/mol. The van der Waals surface area contributed by atoms with Gasteiger partial charge in [-0.05, 0) is 86.5 Å². The first-order chi connectivity index (χ1) is 16.7. The molecule has 176 valence electrons. The summed E-state index contributed by atoms with van der Waals surface area (Å²) in [6.45, 7) is 2.82. The van der Waals surface area contributed by atoms with E-state index in [2.05, 4.69) is 39.0 Å². The first-order valence-electron chi connectivity index (χ1n) is 12.4. The number of carbonyl (C=O) groups is 1. The zero-order valence-corrected chi connectivity index (χ0v) is 19.5. The number of amides is 1. The quantitative estimate of drug-likeness (QED) is 0.458. The molecule has 2 aliphatic rings. The monoisotopic (exact) mass is 457 g/mol. The van der Waals surface area contributed by atoms with Gasteiger partial charge in [0.2, 0.25) is 0 Å². The van der Waals surface area contributed by atoms with E-state index in [9.17, 15) is 9.18 Å². The van der Waals surface area contributed by atoms with Crippen LogP contribution in [0.2, 0.25) is 0 Å². The van der Waals surface area contributed by atoms with Gasteiger partial charge in [-0.25, -0.2) is 4.39 Å². The Kier molecular flexibility index (Phi) is 7.00. The standard InChI is InChI=1S/C29H32FN3O/c30-25-11-9-23(10-12-25)21-32-18-15-24(16-19-32)28(20-22-6-2-1-3-7-22)33(26-13-14-26)29(34)27-8-4-5-17-31-27/h1-12,17,24,26,28H,13-16,18-21H2/t28-/m1/s1. The van der Waals surface area contributed by atoms with Gasteiger partial charge in [-0.2, -0.15) is 0 Å². The molecule has 3 aromatic rings. The minimum Gasteiger partial charge on any atom is -0.331 e. The van der Waals surface area contributed by atoms with Crippen molar-refractivity contribution in [1.82, 2.24) is 14.8 Å². The largest absolute Gasteiger partial charge is 0.331 e. The summed E-state index contributed by atoms with van der Waals surface area (Å²) >= 11 is 0. The molecule has 0 spiro atoms. The van der Waals surface area contributed by atoms with E-state index >= 15 is 0 Å². The van der Waals surface area contributed by atoms with Gasteiger partial charge in [0.05, 0.1) is 0 Å². The summed E-state index contributed by atoms with van der Waals surface area (Å²) in [4.78, 5) is 22.7. The maximum absolute atomic E-state index is 13.7. The molecule has 1 aromatic heterocycles. The van der Waals surface area contributed by atoms with Crippen LogP contribution in [-0.4, -0.2) is 45.9 Å². The van der Waals surface area contributed by atoms with Crippen molar-refractivity contribution in [3.8, 4) is 0 Å². The molecule has 0 bridgehead atoms. The second-order valence-electron chi connectivity index (χ2n) is 9.66. The molecule has 34 heavy (non-hydrogen) atoms. The van der Waals surface area contributed by atoms with Crippen LogP contribution in [0.15, 0.2) is 79.0 Å². The number of hydrogen-bond acceptors (Lipinski definition) is 3. The highest BCUT2D eigenvalue weighted by molar-refractivity contribution is 5.93. The van der Waals surface area contributed by atoms with Crippen LogP contribution in [0, 0.1) is 11.7 Å².